The van der Waals surface area contributed by atoms with Crippen LogP contribution in [-0.2, 0) is 13.1 Å². The van der Waals surface area contributed by atoms with Gasteiger partial charge in [0.2, 0.25) is 0 Å². The molecule has 3 aromatic heterocycles. The number of carbonyl (C=O) groups excluding carboxylic acids is 1. The minimum absolute atomic E-state index is 0.195. The predicted molar refractivity (Wildman–Crippen MR) is 110 cm³/mol. The molecule has 0 bridgehead atoms. The number of benzene rings is 1. The number of carbonyl (C=O) groups is 1. The van der Waals surface area contributed by atoms with Crippen LogP contribution in [0.4, 0.5) is 0 Å². The van der Waals surface area contributed by atoms with Crippen molar-refractivity contribution in [1.82, 2.24) is 24.5 Å². The van der Waals surface area contributed by atoms with Crippen LogP contribution in [0, 0.1) is 0 Å². The first kappa shape index (κ1) is 19.4. The van der Waals surface area contributed by atoms with Gasteiger partial charge in [-0.1, -0.05) is 12.1 Å². The largest absolute Gasteiger partial charge is 0.493 e. The normalized spacial score (nSPS) is 10.7. The van der Waals surface area contributed by atoms with Gasteiger partial charge in [-0.05, 0) is 35.4 Å². The van der Waals surface area contributed by atoms with Crippen LogP contribution in [0.3, 0.4) is 0 Å². The lowest BCUT2D eigenvalue weighted by molar-refractivity contribution is 0.0723. The predicted octanol–water partition coefficient (Wildman–Crippen LogP) is 2.98. The molecule has 0 spiro atoms. The number of fused-ring (bicyclic) bond motifs is 1. The smallest absolute Gasteiger partial charge is 0.275 e. The maximum absolute atomic E-state index is 13.3. The first-order valence-corrected chi connectivity index (χ1v) is 9.37. The summed E-state index contributed by atoms with van der Waals surface area (Å²) in [6.45, 7) is 0.762. The molecule has 4 aromatic rings. The number of ether oxygens (including phenoxy) is 2. The fraction of sp³-hybridized carbons (Fsp3) is 0.182. The maximum Gasteiger partial charge on any atom is 0.275 e. The van der Waals surface area contributed by atoms with E-state index in [1.165, 1.54) is 0 Å². The molecule has 30 heavy (non-hydrogen) atoms. The Morgan fingerprint density at radius 1 is 1.00 bits per heavy atom. The van der Waals surface area contributed by atoms with Crippen molar-refractivity contribution in [2.75, 3.05) is 14.2 Å². The first-order chi connectivity index (χ1) is 14.7. The van der Waals surface area contributed by atoms with Crippen LogP contribution in [-0.4, -0.2) is 44.6 Å². The molecule has 0 unspecified atom stereocenters. The minimum atomic E-state index is -0.195. The quantitative estimate of drug-likeness (QED) is 0.472. The van der Waals surface area contributed by atoms with Crippen molar-refractivity contribution in [2.45, 2.75) is 13.1 Å². The van der Waals surface area contributed by atoms with E-state index in [1.807, 2.05) is 30.3 Å². The van der Waals surface area contributed by atoms with Crippen LogP contribution in [0.1, 0.15) is 21.6 Å². The van der Waals surface area contributed by atoms with Crippen molar-refractivity contribution < 1.29 is 14.3 Å². The molecule has 8 nitrogen and oxygen atoms in total. The van der Waals surface area contributed by atoms with Crippen LogP contribution in [0.2, 0.25) is 0 Å². The molecule has 0 aliphatic heterocycles. The summed E-state index contributed by atoms with van der Waals surface area (Å²) in [5, 5.41) is 4.38. The van der Waals surface area contributed by atoms with E-state index in [9.17, 15) is 4.79 Å². The summed E-state index contributed by atoms with van der Waals surface area (Å²) in [5.74, 6) is 1.05. The first-order valence-electron chi connectivity index (χ1n) is 9.37. The van der Waals surface area contributed by atoms with Gasteiger partial charge >= 0.3 is 0 Å². The van der Waals surface area contributed by atoms with Crippen molar-refractivity contribution in [3.63, 3.8) is 0 Å². The van der Waals surface area contributed by atoms with Gasteiger partial charge in [0.25, 0.3) is 5.91 Å². The summed E-state index contributed by atoms with van der Waals surface area (Å²) < 4.78 is 12.3. The van der Waals surface area contributed by atoms with Gasteiger partial charge in [-0.2, -0.15) is 5.10 Å². The molecule has 0 aliphatic rings. The standard InChI is InChI=1S/C22H21N5O3/c1-29-19-7-6-16(11-20(19)30-2)14-26(15-17-5-3-8-23-13-17)22(28)18-12-21-24-9-4-10-27(21)25-18/h3-13H,14-15H2,1-2H3. The average Bonchev–Trinajstić information content (AvgIpc) is 3.23. The highest BCUT2D eigenvalue weighted by Crippen LogP contribution is 2.28. The number of methoxy groups -OCH3 is 2. The monoisotopic (exact) mass is 403 g/mol. The van der Waals surface area contributed by atoms with Crippen LogP contribution in [0.15, 0.2) is 67.3 Å². The zero-order valence-corrected chi connectivity index (χ0v) is 16.7. The van der Waals surface area contributed by atoms with Gasteiger partial charge in [-0.25, -0.2) is 9.50 Å². The Balaban J connectivity index is 1.66. The summed E-state index contributed by atoms with van der Waals surface area (Å²) in [5.41, 5.74) is 2.78. The van der Waals surface area contributed by atoms with E-state index in [4.69, 9.17) is 9.47 Å². The van der Waals surface area contributed by atoms with E-state index >= 15 is 0 Å². The van der Waals surface area contributed by atoms with E-state index in [0.29, 0.717) is 35.9 Å². The summed E-state index contributed by atoms with van der Waals surface area (Å²) in [6, 6.07) is 12.9. The fourth-order valence-electron chi connectivity index (χ4n) is 3.21. The lowest BCUT2D eigenvalue weighted by Crippen LogP contribution is -2.30. The summed E-state index contributed by atoms with van der Waals surface area (Å²) in [6.07, 6.45) is 6.89. The second kappa shape index (κ2) is 8.60. The Hall–Kier alpha value is -3.94. The van der Waals surface area contributed by atoms with Crippen molar-refractivity contribution in [3.8, 4) is 11.5 Å². The fourth-order valence-corrected chi connectivity index (χ4v) is 3.21. The van der Waals surface area contributed by atoms with Crippen molar-refractivity contribution >= 4 is 11.6 Å². The van der Waals surface area contributed by atoms with Gasteiger partial charge in [0.15, 0.2) is 22.8 Å². The Bertz CT molecular complexity index is 1130. The average molecular weight is 403 g/mol. The molecule has 8 heteroatoms. The molecule has 0 saturated heterocycles. The number of aromatic nitrogens is 4. The molecule has 0 N–H and O–H groups in total. The van der Waals surface area contributed by atoms with E-state index in [-0.39, 0.29) is 5.91 Å². The number of hydrogen-bond acceptors (Lipinski definition) is 6. The van der Waals surface area contributed by atoms with Crippen molar-refractivity contribution in [3.05, 3.63) is 84.1 Å². The molecular formula is C22H21N5O3. The number of hydrogen-bond donors (Lipinski definition) is 0. The molecule has 1 amide bonds. The lowest BCUT2D eigenvalue weighted by atomic mass is 10.1. The summed E-state index contributed by atoms with van der Waals surface area (Å²) >= 11 is 0. The Morgan fingerprint density at radius 2 is 1.83 bits per heavy atom. The maximum atomic E-state index is 13.3. The van der Waals surface area contributed by atoms with Gasteiger partial charge in [-0.3, -0.25) is 9.78 Å². The van der Waals surface area contributed by atoms with Crippen molar-refractivity contribution in [2.24, 2.45) is 0 Å². The number of amides is 1. The Labute approximate surface area is 173 Å². The van der Waals surface area contributed by atoms with Gasteiger partial charge in [0.1, 0.15) is 0 Å². The third-order valence-corrected chi connectivity index (χ3v) is 4.66. The third-order valence-electron chi connectivity index (χ3n) is 4.66. The van der Waals surface area contributed by atoms with Gasteiger partial charge in [0.05, 0.1) is 14.2 Å². The molecule has 0 saturated carbocycles. The molecular weight excluding hydrogens is 382 g/mol. The van der Waals surface area contributed by atoms with E-state index < -0.39 is 0 Å². The number of rotatable bonds is 7. The molecule has 0 radical (unpaired) electrons. The molecule has 4 rings (SSSR count). The van der Waals surface area contributed by atoms with Crippen LogP contribution in [0.5, 0.6) is 11.5 Å². The van der Waals surface area contributed by atoms with Crippen LogP contribution >= 0.6 is 0 Å². The summed E-state index contributed by atoms with van der Waals surface area (Å²) in [7, 11) is 3.18. The molecule has 3 heterocycles. The van der Waals surface area contributed by atoms with Gasteiger partial charge < -0.3 is 14.4 Å². The highest BCUT2D eigenvalue weighted by Gasteiger charge is 2.21. The zero-order valence-electron chi connectivity index (χ0n) is 16.7. The number of nitrogens with zero attached hydrogens (tertiary/aromatic N) is 5. The third kappa shape index (κ3) is 4.07. The topological polar surface area (TPSA) is 81.9 Å². The van der Waals surface area contributed by atoms with E-state index in [0.717, 1.165) is 11.1 Å². The molecule has 0 atom stereocenters. The molecule has 0 fully saturated rings. The van der Waals surface area contributed by atoms with Crippen LogP contribution in [0.25, 0.3) is 5.65 Å². The Morgan fingerprint density at radius 3 is 2.57 bits per heavy atom. The van der Waals surface area contributed by atoms with E-state index in [1.54, 1.807) is 60.6 Å². The van der Waals surface area contributed by atoms with E-state index in [2.05, 4.69) is 15.1 Å². The highest BCUT2D eigenvalue weighted by atomic mass is 16.5. The summed E-state index contributed by atoms with van der Waals surface area (Å²) in [4.78, 5) is 23.5. The highest BCUT2D eigenvalue weighted by molar-refractivity contribution is 5.93. The minimum Gasteiger partial charge on any atom is -0.493 e. The molecule has 1 aromatic carbocycles. The molecule has 152 valence electrons. The SMILES string of the molecule is COc1ccc(CN(Cc2cccnc2)C(=O)c2cc3ncccn3n2)cc1OC. The lowest BCUT2D eigenvalue weighted by Gasteiger charge is -2.22. The van der Waals surface area contributed by atoms with Gasteiger partial charge in [-0.15, -0.1) is 0 Å². The second-order valence-corrected chi connectivity index (χ2v) is 6.66. The zero-order chi connectivity index (χ0) is 20.9. The Kier molecular flexibility index (Phi) is 5.56. The second-order valence-electron chi connectivity index (χ2n) is 6.66. The van der Waals surface area contributed by atoms with Crippen LogP contribution < -0.4 is 9.47 Å². The van der Waals surface area contributed by atoms with Gasteiger partial charge in [0, 0.05) is 43.9 Å². The molecule has 0 aliphatic carbocycles. The van der Waals surface area contributed by atoms with Crippen molar-refractivity contribution in [1.29, 1.82) is 0 Å². The number of pyridine rings is 1.